The average molecular weight is 391 g/mol. The second-order valence-electron chi connectivity index (χ2n) is 6.16. The van der Waals surface area contributed by atoms with Crippen LogP contribution in [0.5, 0.6) is 0 Å². The molecule has 28 heavy (non-hydrogen) atoms. The average Bonchev–Trinajstić information content (AvgIpc) is 3.31. The van der Waals surface area contributed by atoms with Gasteiger partial charge in [-0.2, -0.15) is 0 Å². The van der Waals surface area contributed by atoms with Crippen LogP contribution in [0.4, 0.5) is 16.6 Å². The van der Waals surface area contributed by atoms with Crippen molar-refractivity contribution in [2.75, 3.05) is 10.6 Å². The minimum atomic E-state index is -0.389. The molecule has 0 atom stereocenters. The normalized spacial score (nSPS) is 10.6. The van der Waals surface area contributed by atoms with Gasteiger partial charge < -0.3 is 15.2 Å². The van der Waals surface area contributed by atoms with E-state index in [0.29, 0.717) is 17.3 Å². The molecular formula is C20H17N5O2S. The maximum atomic E-state index is 12.3. The summed E-state index contributed by atoms with van der Waals surface area (Å²) in [6, 6.07) is 14.9. The number of amides is 1. The summed E-state index contributed by atoms with van der Waals surface area (Å²) < 4.78 is 5.35. The summed E-state index contributed by atoms with van der Waals surface area (Å²) in [6.07, 6.45) is 1.60. The van der Waals surface area contributed by atoms with Crippen molar-refractivity contribution in [3.63, 3.8) is 0 Å². The number of benzene rings is 1. The van der Waals surface area contributed by atoms with Crippen molar-refractivity contribution in [2.45, 2.75) is 13.8 Å². The first-order valence-electron chi connectivity index (χ1n) is 8.59. The number of nitrogens with one attached hydrogen (secondary N) is 2. The Hall–Kier alpha value is -3.52. The number of hydrogen-bond donors (Lipinski definition) is 2. The van der Waals surface area contributed by atoms with E-state index in [-0.39, 0.29) is 11.6 Å². The highest BCUT2D eigenvalue weighted by Crippen LogP contribution is 2.32. The molecule has 0 saturated heterocycles. The molecule has 8 heteroatoms. The zero-order valence-corrected chi connectivity index (χ0v) is 16.1. The van der Waals surface area contributed by atoms with Gasteiger partial charge in [0.15, 0.2) is 16.6 Å². The van der Waals surface area contributed by atoms with E-state index in [4.69, 9.17) is 4.52 Å². The Balaban J connectivity index is 1.51. The van der Waals surface area contributed by atoms with E-state index in [9.17, 15) is 4.79 Å². The Labute approximate surface area is 165 Å². The molecule has 0 bridgehead atoms. The summed E-state index contributed by atoms with van der Waals surface area (Å²) in [7, 11) is 0. The van der Waals surface area contributed by atoms with Gasteiger partial charge in [0.2, 0.25) is 0 Å². The third kappa shape index (κ3) is 3.91. The summed E-state index contributed by atoms with van der Waals surface area (Å²) >= 11 is 1.51. The molecule has 3 aromatic heterocycles. The summed E-state index contributed by atoms with van der Waals surface area (Å²) in [5.74, 6) is 0.503. The van der Waals surface area contributed by atoms with Crippen LogP contribution >= 0.6 is 11.3 Å². The number of thiazole rings is 1. The Morgan fingerprint density at radius 1 is 1.11 bits per heavy atom. The van der Waals surface area contributed by atoms with Crippen LogP contribution in [0.25, 0.3) is 11.5 Å². The van der Waals surface area contributed by atoms with E-state index in [0.717, 1.165) is 15.7 Å². The highest BCUT2D eigenvalue weighted by molar-refractivity contribution is 7.16. The maximum Gasteiger partial charge on any atom is 0.279 e. The maximum absolute atomic E-state index is 12.3. The molecule has 0 fully saturated rings. The van der Waals surface area contributed by atoms with Crippen molar-refractivity contribution >= 4 is 33.9 Å². The van der Waals surface area contributed by atoms with Crippen LogP contribution in [0.1, 0.15) is 20.9 Å². The SMILES string of the molecule is Cc1ccc(Nc2nc(-c3cc(C(=O)Nc4ccccn4)no3)c(C)s2)cc1. The van der Waals surface area contributed by atoms with Gasteiger partial charge in [-0.15, -0.1) is 11.3 Å². The van der Waals surface area contributed by atoms with Crippen molar-refractivity contribution in [1.29, 1.82) is 0 Å². The van der Waals surface area contributed by atoms with Gasteiger partial charge in [0, 0.05) is 22.8 Å². The van der Waals surface area contributed by atoms with Crippen LogP contribution in [0.2, 0.25) is 0 Å². The Morgan fingerprint density at radius 2 is 1.93 bits per heavy atom. The fraction of sp³-hybridized carbons (Fsp3) is 0.100. The third-order valence-corrected chi connectivity index (χ3v) is 4.87. The molecule has 3 heterocycles. The van der Waals surface area contributed by atoms with Crippen molar-refractivity contribution in [3.05, 3.63) is 70.9 Å². The molecule has 0 aliphatic rings. The Kier molecular flexibility index (Phi) is 4.86. The lowest BCUT2D eigenvalue weighted by atomic mass is 10.2. The Bertz CT molecular complexity index is 1100. The summed E-state index contributed by atoms with van der Waals surface area (Å²) in [6.45, 7) is 3.99. The number of rotatable bonds is 5. The number of pyridine rings is 1. The Morgan fingerprint density at radius 3 is 2.68 bits per heavy atom. The van der Waals surface area contributed by atoms with Gasteiger partial charge in [-0.05, 0) is 38.1 Å². The van der Waals surface area contributed by atoms with Crippen molar-refractivity contribution in [3.8, 4) is 11.5 Å². The lowest BCUT2D eigenvalue weighted by Crippen LogP contribution is -2.12. The zero-order chi connectivity index (χ0) is 19.5. The molecule has 4 rings (SSSR count). The van der Waals surface area contributed by atoms with Gasteiger partial charge in [-0.25, -0.2) is 9.97 Å². The van der Waals surface area contributed by atoms with Gasteiger partial charge in [-0.1, -0.05) is 28.9 Å². The number of hydrogen-bond acceptors (Lipinski definition) is 7. The van der Waals surface area contributed by atoms with Gasteiger partial charge in [-0.3, -0.25) is 4.79 Å². The molecule has 0 spiro atoms. The highest BCUT2D eigenvalue weighted by Gasteiger charge is 2.18. The van der Waals surface area contributed by atoms with Crippen LogP contribution in [0.15, 0.2) is 59.3 Å². The topological polar surface area (TPSA) is 92.9 Å². The van der Waals surface area contributed by atoms with E-state index in [1.165, 1.54) is 16.9 Å². The third-order valence-electron chi connectivity index (χ3n) is 3.98. The molecule has 0 aliphatic heterocycles. The predicted octanol–water partition coefficient (Wildman–Crippen LogP) is 4.81. The van der Waals surface area contributed by atoms with Crippen LogP contribution in [-0.4, -0.2) is 21.0 Å². The summed E-state index contributed by atoms with van der Waals surface area (Å²) in [4.78, 5) is 21.9. The van der Waals surface area contributed by atoms with Gasteiger partial charge >= 0.3 is 0 Å². The molecule has 140 valence electrons. The van der Waals surface area contributed by atoms with Crippen molar-refractivity contribution < 1.29 is 9.32 Å². The minimum absolute atomic E-state index is 0.168. The number of aromatic nitrogens is 3. The standard InChI is InChI=1S/C20H17N5O2S/c1-12-6-8-14(9-7-12)22-20-24-18(13(2)28-20)16-11-15(25-27-16)19(26)23-17-5-3-4-10-21-17/h3-11H,1-2H3,(H,22,24)(H,21,23,26). The molecular weight excluding hydrogens is 374 g/mol. The molecule has 0 aliphatic carbocycles. The molecule has 2 N–H and O–H groups in total. The predicted molar refractivity (Wildman–Crippen MR) is 109 cm³/mol. The molecule has 7 nitrogen and oxygen atoms in total. The zero-order valence-electron chi connectivity index (χ0n) is 15.3. The summed E-state index contributed by atoms with van der Waals surface area (Å²) in [5.41, 5.74) is 2.98. The van der Waals surface area contributed by atoms with E-state index < -0.39 is 0 Å². The molecule has 1 amide bonds. The highest BCUT2D eigenvalue weighted by atomic mass is 32.1. The fourth-order valence-electron chi connectivity index (χ4n) is 2.55. The molecule has 0 radical (unpaired) electrons. The molecule has 0 unspecified atom stereocenters. The second kappa shape index (κ2) is 7.61. The molecule has 4 aromatic rings. The lowest BCUT2D eigenvalue weighted by molar-refractivity contribution is 0.101. The quantitative estimate of drug-likeness (QED) is 0.507. The fourth-order valence-corrected chi connectivity index (χ4v) is 3.39. The van der Waals surface area contributed by atoms with Crippen LogP contribution in [0, 0.1) is 13.8 Å². The largest absolute Gasteiger partial charge is 0.354 e. The second-order valence-corrected chi connectivity index (χ2v) is 7.36. The number of aryl methyl sites for hydroxylation is 2. The monoisotopic (exact) mass is 391 g/mol. The molecule has 0 saturated carbocycles. The van der Waals surface area contributed by atoms with Gasteiger partial charge in [0.05, 0.1) is 0 Å². The van der Waals surface area contributed by atoms with E-state index in [1.807, 2.05) is 38.1 Å². The van der Waals surface area contributed by atoms with E-state index >= 15 is 0 Å². The van der Waals surface area contributed by atoms with Crippen molar-refractivity contribution in [2.24, 2.45) is 0 Å². The number of nitrogens with zero attached hydrogens (tertiary/aromatic N) is 3. The van der Waals surface area contributed by atoms with E-state index in [1.54, 1.807) is 30.5 Å². The number of anilines is 3. The van der Waals surface area contributed by atoms with Crippen LogP contribution < -0.4 is 10.6 Å². The van der Waals surface area contributed by atoms with Gasteiger partial charge in [0.1, 0.15) is 11.5 Å². The minimum Gasteiger partial charge on any atom is -0.354 e. The number of carbonyl (C=O) groups excluding carboxylic acids is 1. The van der Waals surface area contributed by atoms with Gasteiger partial charge in [0.25, 0.3) is 5.91 Å². The summed E-state index contributed by atoms with van der Waals surface area (Å²) in [5, 5.41) is 10.6. The van der Waals surface area contributed by atoms with Crippen LogP contribution in [0.3, 0.4) is 0 Å². The first-order chi connectivity index (χ1) is 13.6. The first-order valence-corrected chi connectivity index (χ1v) is 9.41. The van der Waals surface area contributed by atoms with Crippen LogP contribution in [-0.2, 0) is 0 Å². The van der Waals surface area contributed by atoms with E-state index in [2.05, 4.69) is 25.8 Å². The first kappa shape index (κ1) is 17.9. The number of carbonyl (C=O) groups is 1. The smallest absolute Gasteiger partial charge is 0.279 e. The molecule has 1 aromatic carbocycles. The lowest BCUT2D eigenvalue weighted by Gasteiger charge is -2.02. The van der Waals surface area contributed by atoms with Crippen molar-refractivity contribution in [1.82, 2.24) is 15.1 Å².